The van der Waals surface area contributed by atoms with Gasteiger partial charge in [0.1, 0.15) is 5.78 Å². The van der Waals surface area contributed by atoms with Gasteiger partial charge in [0.15, 0.2) is 0 Å². The zero-order chi connectivity index (χ0) is 13.4. The van der Waals surface area contributed by atoms with Gasteiger partial charge >= 0.3 is 0 Å². The van der Waals surface area contributed by atoms with Crippen molar-refractivity contribution in [3.63, 3.8) is 0 Å². The molecule has 98 valence electrons. The van der Waals surface area contributed by atoms with Crippen LogP contribution in [0.25, 0.3) is 0 Å². The van der Waals surface area contributed by atoms with Crippen LogP contribution in [0.1, 0.15) is 48.5 Å². The highest BCUT2D eigenvalue weighted by Crippen LogP contribution is 2.06. The van der Waals surface area contributed by atoms with E-state index in [9.17, 15) is 9.59 Å². The Balaban J connectivity index is 2.22. The number of hydrogen-bond acceptors (Lipinski definition) is 2. The molecular weight excluding hydrogens is 226 g/mol. The summed E-state index contributed by atoms with van der Waals surface area (Å²) in [5.41, 5.74) is 1.73. The summed E-state index contributed by atoms with van der Waals surface area (Å²) in [6.07, 6.45) is 3.46. The van der Waals surface area contributed by atoms with Crippen molar-refractivity contribution in [2.75, 3.05) is 6.54 Å². The Morgan fingerprint density at radius 1 is 1.11 bits per heavy atom. The number of aryl methyl sites for hydroxylation is 1. The van der Waals surface area contributed by atoms with Crippen LogP contribution in [0.4, 0.5) is 0 Å². The molecule has 0 aliphatic rings. The molecular formula is C15H21NO2. The lowest BCUT2D eigenvalue weighted by molar-refractivity contribution is -0.117. The van der Waals surface area contributed by atoms with Gasteiger partial charge in [0.2, 0.25) is 0 Å². The van der Waals surface area contributed by atoms with Crippen LogP contribution in [0.3, 0.4) is 0 Å². The maximum absolute atomic E-state index is 11.8. The third-order valence-corrected chi connectivity index (χ3v) is 2.88. The third-order valence-electron chi connectivity index (χ3n) is 2.88. The predicted octanol–water partition coefficient (Wildman–Crippen LogP) is 2.87. The molecule has 0 fully saturated rings. The van der Waals surface area contributed by atoms with E-state index in [0.717, 1.165) is 30.4 Å². The number of ketones is 1. The Kier molecular flexibility index (Phi) is 6.12. The highest BCUT2D eigenvalue weighted by atomic mass is 16.1. The first-order valence-corrected chi connectivity index (χ1v) is 6.44. The number of unbranched alkanes of at least 4 members (excludes halogenated alkanes) is 2. The summed E-state index contributed by atoms with van der Waals surface area (Å²) in [4.78, 5) is 22.6. The van der Waals surface area contributed by atoms with Crippen LogP contribution < -0.4 is 5.32 Å². The Hall–Kier alpha value is -1.64. The molecule has 1 N–H and O–H groups in total. The normalized spacial score (nSPS) is 10.1. The maximum atomic E-state index is 11.8. The highest BCUT2D eigenvalue weighted by Gasteiger charge is 2.06. The van der Waals surface area contributed by atoms with E-state index in [1.807, 2.05) is 31.2 Å². The van der Waals surface area contributed by atoms with Crippen molar-refractivity contribution in [3.8, 4) is 0 Å². The quantitative estimate of drug-likeness (QED) is 0.753. The van der Waals surface area contributed by atoms with Crippen molar-refractivity contribution in [3.05, 3.63) is 35.4 Å². The summed E-state index contributed by atoms with van der Waals surface area (Å²) in [5, 5.41) is 2.90. The molecule has 0 aromatic heterocycles. The van der Waals surface area contributed by atoms with Crippen LogP contribution in [0, 0.1) is 6.92 Å². The first-order chi connectivity index (χ1) is 8.61. The number of carbonyl (C=O) groups excluding carboxylic acids is 2. The molecule has 0 saturated carbocycles. The smallest absolute Gasteiger partial charge is 0.251 e. The summed E-state index contributed by atoms with van der Waals surface area (Å²) in [6.45, 7) is 4.22. The molecule has 0 unspecified atom stereocenters. The molecule has 18 heavy (non-hydrogen) atoms. The first-order valence-electron chi connectivity index (χ1n) is 6.44. The number of nitrogens with one attached hydrogen (secondary N) is 1. The van der Waals surface area contributed by atoms with Crippen LogP contribution in [-0.2, 0) is 4.79 Å². The average Bonchev–Trinajstić information content (AvgIpc) is 2.33. The van der Waals surface area contributed by atoms with E-state index in [1.54, 1.807) is 6.92 Å². The molecule has 0 aliphatic heterocycles. The molecule has 0 atom stereocenters. The van der Waals surface area contributed by atoms with Gasteiger partial charge in [-0.1, -0.05) is 24.6 Å². The van der Waals surface area contributed by atoms with Crippen LogP contribution in [-0.4, -0.2) is 18.2 Å². The number of Topliss-reactive ketones (excluding diaryl/α,β-unsaturated/α-hetero) is 1. The molecule has 0 saturated heterocycles. The summed E-state index contributed by atoms with van der Waals surface area (Å²) in [7, 11) is 0. The lowest BCUT2D eigenvalue weighted by Gasteiger charge is -2.07. The van der Waals surface area contributed by atoms with Crippen molar-refractivity contribution in [1.29, 1.82) is 0 Å². The fourth-order valence-corrected chi connectivity index (χ4v) is 1.80. The van der Waals surface area contributed by atoms with Crippen molar-refractivity contribution < 1.29 is 9.59 Å². The zero-order valence-corrected chi connectivity index (χ0v) is 11.2. The van der Waals surface area contributed by atoms with E-state index in [1.165, 1.54) is 0 Å². The van der Waals surface area contributed by atoms with Gasteiger partial charge in [-0.05, 0) is 38.3 Å². The average molecular weight is 247 g/mol. The maximum Gasteiger partial charge on any atom is 0.251 e. The van der Waals surface area contributed by atoms with Gasteiger partial charge in [0.25, 0.3) is 5.91 Å². The van der Waals surface area contributed by atoms with E-state index < -0.39 is 0 Å². The molecule has 1 aromatic carbocycles. The monoisotopic (exact) mass is 247 g/mol. The third kappa shape index (κ3) is 5.13. The van der Waals surface area contributed by atoms with E-state index in [0.29, 0.717) is 13.0 Å². The Labute approximate surface area is 109 Å². The lowest BCUT2D eigenvalue weighted by Crippen LogP contribution is -2.25. The topological polar surface area (TPSA) is 46.2 Å². The summed E-state index contributed by atoms with van der Waals surface area (Å²) in [6, 6.07) is 7.56. The largest absolute Gasteiger partial charge is 0.352 e. The zero-order valence-electron chi connectivity index (χ0n) is 11.2. The minimum Gasteiger partial charge on any atom is -0.352 e. The Morgan fingerprint density at radius 3 is 2.50 bits per heavy atom. The van der Waals surface area contributed by atoms with Gasteiger partial charge in [-0.15, -0.1) is 0 Å². The van der Waals surface area contributed by atoms with Gasteiger partial charge in [0.05, 0.1) is 0 Å². The second-order valence-electron chi connectivity index (χ2n) is 4.58. The molecule has 1 rings (SSSR count). The van der Waals surface area contributed by atoms with Crippen molar-refractivity contribution in [2.45, 2.75) is 39.5 Å². The van der Waals surface area contributed by atoms with Crippen molar-refractivity contribution in [1.82, 2.24) is 5.32 Å². The van der Waals surface area contributed by atoms with E-state index in [2.05, 4.69) is 5.32 Å². The lowest BCUT2D eigenvalue weighted by atomic mass is 10.1. The van der Waals surface area contributed by atoms with Crippen molar-refractivity contribution in [2.24, 2.45) is 0 Å². The van der Waals surface area contributed by atoms with E-state index in [4.69, 9.17) is 0 Å². The minimum atomic E-state index is -0.0142. The summed E-state index contributed by atoms with van der Waals surface area (Å²) < 4.78 is 0. The summed E-state index contributed by atoms with van der Waals surface area (Å²) in [5.74, 6) is 0.221. The minimum absolute atomic E-state index is 0.0142. The Morgan fingerprint density at radius 2 is 1.83 bits per heavy atom. The molecule has 0 heterocycles. The molecule has 0 aliphatic carbocycles. The van der Waals surface area contributed by atoms with Crippen LogP contribution in [0.5, 0.6) is 0 Å². The molecule has 3 nitrogen and oxygen atoms in total. The van der Waals surface area contributed by atoms with Gasteiger partial charge in [-0.3, -0.25) is 4.79 Å². The van der Waals surface area contributed by atoms with E-state index in [-0.39, 0.29) is 11.7 Å². The molecule has 0 bridgehead atoms. The second-order valence-corrected chi connectivity index (χ2v) is 4.58. The number of amides is 1. The van der Waals surface area contributed by atoms with Crippen molar-refractivity contribution >= 4 is 11.7 Å². The molecule has 1 amide bonds. The van der Waals surface area contributed by atoms with Gasteiger partial charge in [-0.25, -0.2) is 0 Å². The predicted molar refractivity (Wildman–Crippen MR) is 72.7 cm³/mol. The standard InChI is InChI=1S/C15H21NO2/c1-12-8-5-6-10-14(12)15(18)16-11-7-3-4-9-13(2)17/h5-6,8,10H,3-4,7,9,11H2,1-2H3,(H,16,18). The SMILES string of the molecule is CC(=O)CCCCCNC(=O)c1ccccc1C. The molecule has 0 radical (unpaired) electrons. The van der Waals surface area contributed by atoms with Crippen LogP contribution in [0.15, 0.2) is 24.3 Å². The highest BCUT2D eigenvalue weighted by molar-refractivity contribution is 5.95. The second kappa shape index (κ2) is 7.64. The van der Waals surface area contributed by atoms with Gasteiger partial charge < -0.3 is 10.1 Å². The fraction of sp³-hybridized carbons (Fsp3) is 0.467. The Bertz CT molecular complexity index is 413. The number of benzene rings is 1. The number of hydrogen-bond donors (Lipinski definition) is 1. The fourth-order valence-electron chi connectivity index (χ4n) is 1.80. The van der Waals surface area contributed by atoms with E-state index >= 15 is 0 Å². The first kappa shape index (κ1) is 14.4. The molecule has 1 aromatic rings. The number of rotatable bonds is 7. The van der Waals surface area contributed by atoms with Crippen LogP contribution >= 0.6 is 0 Å². The molecule has 0 spiro atoms. The van der Waals surface area contributed by atoms with Gasteiger partial charge in [0, 0.05) is 18.5 Å². The number of carbonyl (C=O) groups is 2. The molecule has 3 heteroatoms. The van der Waals surface area contributed by atoms with Crippen LogP contribution in [0.2, 0.25) is 0 Å². The summed E-state index contributed by atoms with van der Waals surface area (Å²) >= 11 is 0. The van der Waals surface area contributed by atoms with Gasteiger partial charge in [-0.2, -0.15) is 0 Å².